The van der Waals surface area contributed by atoms with Crippen LogP contribution in [0.1, 0.15) is 53.7 Å². The van der Waals surface area contributed by atoms with Gasteiger partial charge in [0.1, 0.15) is 6.61 Å². The first-order valence-electron chi connectivity index (χ1n) is 12.7. The molecule has 2 aliphatic rings. The lowest BCUT2D eigenvalue weighted by atomic mass is 10.0. The number of benzene rings is 2. The molecule has 2 aromatic rings. The van der Waals surface area contributed by atoms with Gasteiger partial charge in [-0.15, -0.1) is 0 Å². The first-order chi connectivity index (χ1) is 16.9. The molecule has 6 heteroatoms. The molecule has 0 aliphatic carbocycles. The topological polar surface area (TPSA) is 64.1 Å². The van der Waals surface area contributed by atoms with E-state index in [4.69, 9.17) is 5.11 Å². The van der Waals surface area contributed by atoms with Crippen LogP contribution in [0.3, 0.4) is 0 Å². The average Bonchev–Trinajstić information content (AvgIpc) is 3.38. The quantitative estimate of drug-likeness (QED) is 0.591. The number of carbonyl (C=O) groups is 2. The standard InChI is InChI=1S/C29H37N3O3/c1-22-17-31(29(35)27-7-5-6-26(16-27)19-30-14-3-4-15-30)18-23(2)32(22)20-25-10-8-24(9-11-25)12-13-28(34)21-33/h5-13,16,22-23,33H,3-4,14-15,17-21H2,1-2H3/b13-12+/t22-,23+. The predicted octanol–water partition coefficient (Wildman–Crippen LogP) is 3.59. The summed E-state index contributed by atoms with van der Waals surface area (Å²) in [6, 6.07) is 16.8. The molecule has 2 fully saturated rings. The number of hydrogen-bond donors (Lipinski definition) is 1. The molecule has 2 atom stereocenters. The highest BCUT2D eigenvalue weighted by Crippen LogP contribution is 2.22. The number of rotatable bonds is 8. The molecule has 0 aromatic heterocycles. The highest BCUT2D eigenvalue weighted by atomic mass is 16.3. The van der Waals surface area contributed by atoms with Crippen molar-refractivity contribution in [2.45, 2.75) is 51.9 Å². The van der Waals surface area contributed by atoms with Crippen molar-refractivity contribution in [1.82, 2.24) is 14.7 Å². The van der Waals surface area contributed by atoms with Gasteiger partial charge in [0.2, 0.25) is 0 Å². The number of carbonyl (C=O) groups excluding carboxylic acids is 2. The van der Waals surface area contributed by atoms with Gasteiger partial charge in [0.15, 0.2) is 5.78 Å². The van der Waals surface area contributed by atoms with Gasteiger partial charge in [-0.2, -0.15) is 0 Å². The highest BCUT2D eigenvalue weighted by molar-refractivity contribution is 5.95. The summed E-state index contributed by atoms with van der Waals surface area (Å²) in [4.78, 5) is 31.5. The van der Waals surface area contributed by atoms with Gasteiger partial charge in [-0.1, -0.05) is 42.5 Å². The van der Waals surface area contributed by atoms with Crippen LogP contribution in [0.4, 0.5) is 0 Å². The van der Waals surface area contributed by atoms with Gasteiger partial charge in [0.05, 0.1) is 0 Å². The predicted molar refractivity (Wildman–Crippen MR) is 139 cm³/mol. The van der Waals surface area contributed by atoms with Crippen LogP contribution in [0.2, 0.25) is 0 Å². The smallest absolute Gasteiger partial charge is 0.253 e. The third-order valence-corrected chi connectivity index (χ3v) is 7.13. The van der Waals surface area contributed by atoms with Crippen LogP contribution in [0, 0.1) is 0 Å². The van der Waals surface area contributed by atoms with E-state index >= 15 is 0 Å². The van der Waals surface area contributed by atoms with Gasteiger partial charge in [-0.3, -0.25) is 19.4 Å². The third-order valence-electron chi connectivity index (χ3n) is 7.13. The van der Waals surface area contributed by atoms with E-state index in [1.54, 1.807) is 6.08 Å². The van der Waals surface area contributed by atoms with Crippen molar-refractivity contribution in [3.63, 3.8) is 0 Å². The molecular weight excluding hydrogens is 438 g/mol. The molecule has 2 aromatic carbocycles. The largest absolute Gasteiger partial charge is 0.388 e. The minimum atomic E-state index is -0.469. The average molecular weight is 476 g/mol. The van der Waals surface area contributed by atoms with Crippen molar-refractivity contribution < 1.29 is 14.7 Å². The summed E-state index contributed by atoms with van der Waals surface area (Å²) in [6.45, 7) is 9.38. The zero-order valence-electron chi connectivity index (χ0n) is 20.9. The number of piperazine rings is 1. The monoisotopic (exact) mass is 475 g/mol. The molecule has 1 amide bonds. The minimum absolute atomic E-state index is 0.125. The van der Waals surface area contributed by atoms with E-state index in [0.29, 0.717) is 13.1 Å². The molecule has 186 valence electrons. The van der Waals surface area contributed by atoms with Gasteiger partial charge >= 0.3 is 0 Å². The maximum atomic E-state index is 13.4. The fourth-order valence-electron chi connectivity index (χ4n) is 5.21. The summed E-state index contributed by atoms with van der Waals surface area (Å²) in [5.74, 6) is -0.178. The molecule has 0 spiro atoms. The zero-order chi connectivity index (χ0) is 24.8. The van der Waals surface area contributed by atoms with Gasteiger partial charge in [-0.25, -0.2) is 0 Å². The fraction of sp³-hybridized carbons (Fsp3) is 0.448. The normalized spacial score (nSPS) is 21.6. The number of nitrogens with zero attached hydrogens (tertiary/aromatic N) is 3. The number of aliphatic hydroxyl groups excluding tert-OH is 1. The van der Waals surface area contributed by atoms with Crippen LogP contribution >= 0.6 is 0 Å². The molecule has 0 radical (unpaired) electrons. The Kier molecular flexibility index (Phi) is 8.50. The first-order valence-corrected chi connectivity index (χ1v) is 12.7. The van der Waals surface area contributed by atoms with Crippen molar-refractivity contribution in [3.8, 4) is 0 Å². The Balaban J connectivity index is 1.35. The number of aliphatic hydroxyl groups is 1. The Hall–Kier alpha value is -2.80. The van der Waals surface area contributed by atoms with Crippen LogP contribution < -0.4 is 0 Å². The fourth-order valence-corrected chi connectivity index (χ4v) is 5.21. The van der Waals surface area contributed by atoms with E-state index in [2.05, 4.69) is 47.9 Å². The van der Waals surface area contributed by atoms with Crippen molar-refractivity contribution >= 4 is 17.8 Å². The molecule has 1 N–H and O–H groups in total. The van der Waals surface area contributed by atoms with E-state index in [1.807, 2.05) is 29.2 Å². The Morgan fingerprint density at radius 1 is 0.943 bits per heavy atom. The maximum Gasteiger partial charge on any atom is 0.253 e. The molecule has 0 unspecified atom stereocenters. The van der Waals surface area contributed by atoms with Crippen molar-refractivity contribution in [1.29, 1.82) is 0 Å². The third kappa shape index (κ3) is 6.66. The summed E-state index contributed by atoms with van der Waals surface area (Å²) >= 11 is 0. The molecular formula is C29H37N3O3. The van der Waals surface area contributed by atoms with Gasteiger partial charge in [0.25, 0.3) is 5.91 Å². The molecule has 0 saturated carbocycles. The molecule has 2 aliphatic heterocycles. The van der Waals surface area contributed by atoms with Crippen LogP contribution in [0.25, 0.3) is 6.08 Å². The van der Waals surface area contributed by atoms with Crippen LogP contribution in [-0.4, -0.2) is 76.4 Å². The van der Waals surface area contributed by atoms with Crippen molar-refractivity contribution in [2.24, 2.45) is 0 Å². The van der Waals surface area contributed by atoms with Crippen LogP contribution in [-0.2, 0) is 17.9 Å². The molecule has 6 nitrogen and oxygen atoms in total. The van der Waals surface area contributed by atoms with E-state index in [0.717, 1.165) is 37.3 Å². The lowest BCUT2D eigenvalue weighted by Gasteiger charge is -2.44. The lowest BCUT2D eigenvalue weighted by Crippen LogP contribution is -2.57. The first kappa shape index (κ1) is 25.3. The summed E-state index contributed by atoms with van der Waals surface area (Å²) in [5, 5.41) is 8.84. The van der Waals surface area contributed by atoms with Gasteiger partial charge in [0, 0.05) is 43.8 Å². The minimum Gasteiger partial charge on any atom is -0.388 e. The van der Waals surface area contributed by atoms with E-state index in [1.165, 1.54) is 30.0 Å². The van der Waals surface area contributed by atoms with Crippen LogP contribution in [0.5, 0.6) is 0 Å². The lowest BCUT2D eigenvalue weighted by molar-refractivity contribution is -0.117. The van der Waals surface area contributed by atoms with Crippen LogP contribution in [0.15, 0.2) is 54.6 Å². The summed E-state index contributed by atoms with van der Waals surface area (Å²) in [6.07, 6.45) is 5.66. The van der Waals surface area contributed by atoms with E-state index < -0.39 is 6.61 Å². The molecule has 2 saturated heterocycles. The molecule has 4 rings (SSSR count). The number of hydrogen-bond acceptors (Lipinski definition) is 5. The molecule has 0 bridgehead atoms. The molecule has 35 heavy (non-hydrogen) atoms. The second-order valence-electron chi connectivity index (χ2n) is 9.96. The Bertz CT molecular complexity index is 1030. The number of amides is 1. The van der Waals surface area contributed by atoms with Gasteiger partial charge < -0.3 is 10.0 Å². The second kappa shape index (κ2) is 11.8. The van der Waals surface area contributed by atoms with Gasteiger partial charge in [-0.05, 0) is 74.7 Å². The SMILES string of the molecule is C[C@@H]1CN(C(=O)c2cccc(CN3CCCC3)c2)C[C@H](C)N1Cc1ccc(/C=C/C(=O)CO)cc1. The number of ketones is 1. The van der Waals surface area contributed by atoms with E-state index in [9.17, 15) is 9.59 Å². The highest BCUT2D eigenvalue weighted by Gasteiger charge is 2.32. The van der Waals surface area contributed by atoms with E-state index in [-0.39, 0.29) is 23.8 Å². The Morgan fingerprint density at radius 2 is 1.63 bits per heavy atom. The Morgan fingerprint density at radius 3 is 2.29 bits per heavy atom. The van der Waals surface area contributed by atoms with Crippen molar-refractivity contribution in [3.05, 3.63) is 76.9 Å². The maximum absolute atomic E-state index is 13.4. The second-order valence-corrected chi connectivity index (χ2v) is 9.96. The Labute approximate surface area is 208 Å². The summed E-state index contributed by atoms with van der Waals surface area (Å²) in [7, 11) is 0. The zero-order valence-corrected chi connectivity index (χ0v) is 20.9. The van der Waals surface area contributed by atoms with Crippen molar-refractivity contribution in [2.75, 3.05) is 32.8 Å². The summed E-state index contributed by atoms with van der Waals surface area (Å²) in [5.41, 5.74) is 4.14. The number of likely N-dealkylation sites (tertiary alicyclic amines) is 1. The summed E-state index contributed by atoms with van der Waals surface area (Å²) < 4.78 is 0. The molecule has 2 heterocycles.